The third-order valence-corrected chi connectivity index (χ3v) is 3.33. The van der Waals surface area contributed by atoms with Gasteiger partial charge in [-0.1, -0.05) is 0 Å². The van der Waals surface area contributed by atoms with Gasteiger partial charge in [0, 0.05) is 19.0 Å². The van der Waals surface area contributed by atoms with Crippen molar-refractivity contribution in [1.29, 1.82) is 0 Å². The molecule has 0 N–H and O–H groups in total. The number of carbonyl (C=O) groups excluding carboxylic acids is 1. The molecule has 1 saturated heterocycles. The van der Waals surface area contributed by atoms with Crippen LogP contribution in [0.5, 0.6) is 5.75 Å². The summed E-state index contributed by atoms with van der Waals surface area (Å²) in [5.41, 5.74) is -0.438. The van der Waals surface area contributed by atoms with Crippen molar-refractivity contribution in [2.24, 2.45) is 0 Å². The van der Waals surface area contributed by atoms with Crippen LogP contribution < -0.4 is 10.4 Å². The lowest BCUT2D eigenvalue weighted by atomic mass is 10.3. The predicted octanol–water partition coefficient (Wildman–Crippen LogP) is 1.83. The first kappa shape index (κ1) is 13.5. The minimum absolute atomic E-state index is 0.134. The van der Waals surface area contributed by atoms with Crippen LogP contribution in [0.25, 0.3) is 0 Å². The highest BCUT2D eigenvalue weighted by Crippen LogP contribution is 2.19. The van der Waals surface area contributed by atoms with E-state index in [1.54, 1.807) is 30.0 Å². The normalized spacial score (nSPS) is 18.0. The van der Waals surface area contributed by atoms with Crippen LogP contribution in [0.15, 0.2) is 44.2 Å². The summed E-state index contributed by atoms with van der Waals surface area (Å²) in [4.78, 5) is 25.1. The molecule has 0 radical (unpaired) electrons. The highest BCUT2D eigenvalue weighted by Gasteiger charge is 2.29. The molecule has 6 nitrogen and oxygen atoms in total. The van der Waals surface area contributed by atoms with Crippen molar-refractivity contribution in [1.82, 2.24) is 4.90 Å². The van der Waals surface area contributed by atoms with Gasteiger partial charge in [-0.15, -0.1) is 0 Å². The molecule has 1 atom stereocenters. The van der Waals surface area contributed by atoms with Gasteiger partial charge in [0.2, 0.25) is 0 Å². The molecule has 0 saturated carbocycles. The number of rotatable bonds is 3. The van der Waals surface area contributed by atoms with Gasteiger partial charge in [0.15, 0.2) is 5.76 Å². The standard InChI is InChI=1S/C15H15NO5/c1-10-7-12(8-14(17)20-10)21-11-4-5-16(9-11)15(18)13-3-2-6-19-13/h2-3,6-8,11H,4-5,9H2,1H3/t11-/m1/s1. The Balaban J connectivity index is 1.64. The number of likely N-dealkylation sites (tertiary alicyclic amines) is 1. The molecule has 1 aliphatic rings. The zero-order valence-corrected chi connectivity index (χ0v) is 11.6. The molecule has 3 heterocycles. The predicted molar refractivity (Wildman–Crippen MR) is 73.4 cm³/mol. The van der Waals surface area contributed by atoms with E-state index in [4.69, 9.17) is 13.6 Å². The van der Waals surface area contributed by atoms with Gasteiger partial charge in [0.05, 0.1) is 18.9 Å². The Bertz CT molecular complexity index is 688. The molecular formula is C15H15NO5. The second kappa shape index (κ2) is 5.47. The zero-order chi connectivity index (χ0) is 14.8. The molecule has 1 amide bonds. The lowest BCUT2D eigenvalue weighted by Gasteiger charge is -2.16. The summed E-state index contributed by atoms with van der Waals surface area (Å²) in [6.07, 6.45) is 2.06. The fraction of sp³-hybridized carbons (Fsp3) is 0.333. The first-order valence-electron chi connectivity index (χ1n) is 6.73. The summed E-state index contributed by atoms with van der Waals surface area (Å²) in [5.74, 6) is 1.15. The van der Waals surface area contributed by atoms with Crippen LogP contribution in [-0.2, 0) is 0 Å². The van der Waals surface area contributed by atoms with Crippen molar-refractivity contribution in [3.63, 3.8) is 0 Å². The summed E-state index contributed by atoms with van der Waals surface area (Å²) in [6.45, 7) is 2.76. The number of hydrogen-bond acceptors (Lipinski definition) is 5. The van der Waals surface area contributed by atoms with E-state index in [1.807, 2.05) is 0 Å². The highest BCUT2D eigenvalue weighted by atomic mass is 16.5. The minimum atomic E-state index is -0.438. The van der Waals surface area contributed by atoms with Crippen LogP contribution in [0.2, 0.25) is 0 Å². The smallest absolute Gasteiger partial charge is 0.339 e. The molecule has 0 aromatic carbocycles. The van der Waals surface area contributed by atoms with Crippen molar-refractivity contribution in [2.75, 3.05) is 13.1 Å². The molecule has 0 spiro atoms. The van der Waals surface area contributed by atoms with E-state index in [0.29, 0.717) is 36.8 Å². The van der Waals surface area contributed by atoms with Gasteiger partial charge in [0.25, 0.3) is 5.91 Å². The van der Waals surface area contributed by atoms with Gasteiger partial charge >= 0.3 is 5.63 Å². The van der Waals surface area contributed by atoms with Crippen LogP contribution >= 0.6 is 0 Å². The van der Waals surface area contributed by atoms with Crippen molar-refractivity contribution >= 4 is 5.91 Å². The number of hydrogen-bond donors (Lipinski definition) is 0. The number of ether oxygens (including phenoxy) is 1. The topological polar surface area (TPSA) is 72.9 Å². The summed E-state index contributed by atoms with van der Waals surface area (Å²) >= 11 is 0. The van der Waals surface area contributed by atoms with Crippen LogP contribution in [0.4, 0.5) is 0 Å². The number of furan rings is 1. The Morgan fingerprint density at radius 1 is 1.43 bits per heavy atom. The van der Waals surface area contributed by atoms with E-state index < -0.39 is 5.63 Å². The Morgan fingerprint density at radius 3 is 3.00 bits per heavy atom. The third-order valence-electron chi connectivity index (χ3n) is 3.33. The Hall–Kier alpha value is -2.50. The summed E-state index contributed by atoms with van der Waals surface area (Å²) < 4.78 is 15.7. The monoisotopic (exact) mass is 289 g/mol. The van der Waals surface area contributed by atoms with Crippen molar-refractivity contribution < 1.29 is 18.4 Å². The number of amides is 1. The van der Waals surface area contributed by atoms with Crippen LogP contribution in [-0.4, -0.2) is 30.0 Å². The maximum Gasteiger partial charge on any atom is 0.339 e. The quantitative estimate of drug-likeness (QED) is 0.862. The van der Waals surface area contributed by atoms with E-state index >= 15 is 0 Å². The van der Waals surface area contributed by atoms with Crippen LogP contribution in [0.1, 0.15) is 22.7 Å². The second-order valence-electron chi connectivity index (χ2n) is 4.98. The van der Waals surface area contributed by atoms with E-state index in [-0.39, 0.29) is 12.0 Å². The van der Waals surface area contributed by atoms with Gasteiger partial charge in [-0.2, -0.15) is 0 Å². The van der Waals surface area contributed by atoms with E-state index in [0.717, 1.165) is 0 Å². The van der Waals surface area contributed by atoms with Gasteiger partial charge in [-0.3, -0.25) is 4.79 Å². The average molecular weight is 289 g/mol. The molecule has 1 aliphatic heterocycles. The molecule has 1 fully saturated rings. The first-order valence-corrected chi connectivity index (χ1v) is 6.73. The average Bonchev–Trinajstić information content (AvgIpc) is 3.07. The zero-order valence-electron chi connectivity index (χ0n) is 11.6. The molecule has 0 aliphatic carbocycles. The maximum absolute atomic E-state index is 12.1. The lowest BCUT2D eigenvalue weighted by Crippen LogP contribution is -2.30. The first-order chi connectivity index (χ1) is 10.1. The lowest BCUT2D eigenvalue weighted by molar-refractivity contribution is 0.0741. The molecule has 0 bridgehead atoms. The van der Waals surface area contributed by atoms with E-state index in [9.17, 15) is 9.59 Å². The van der Waals surface area contributed by atoms with Crippen LogP contribution in [0, 0.1) is 6.92 Å². The van der Waals surface area contributed by atoms with Gasteiger partial charge in [-0.25, -0.2) is 4.79 Å². The van der Waals surface area contributed by atoms with Crippen molar-refractivity contribution in [2.45, 2.75) is 19.4 Å². The van der Waals surface area contributed by atoms with Crippen molar-refractivity contribution in [3.8, 4) is 5.75 Å². The largest absolute Gasteiger partial charge is 0.488 e. The maximum atomic E-state index is 12.1. The second-order valence-corrected chi connectivity index (χ2v) is 4.98. The molecule has 21 heavy (non-hydrogen) atoms. The molecule has 2 aromatic rings. The highest BCUT2D eigenvalue weighted by molar-refractivity contribution is 5.91. The Labute approximate surface area is 120 Å². The van der Waals surface area contributed by atoms with Gasteiger partial charge in [0.1, 0.15) is 17.6 Å². The van der Waals surface area contributed by atoms with E-state index in [2.05, 4.69) is 0 Å². The van der Waals surface area contributed by atoms with Gasteiger partial charge in [-0.05, 0) is 19.1 Å². The number of nitrogens with zero attached hydrogens (tertiary/aromatic N) is 1. The van der Waals surface area contributed by atoms with Crippen molar-refractivity contribution in [3.05, 3.63) is 52.5 Å². The summed E-state index contributed by atoms with van der Waals surface area (Å²) in [6, 6.07) is 6.30. The minimum Gasteiger partial charge on any atom is -0.488 e. The van der Waals surface area contributed by atoms with Crippen LogP contribution in [0.3, 0.4) is 0 Å². The molecule has 6 heteroatoms. The Kier molecular flexibility index (Phi) is 3.51. The molecule has 3 rings (SSSR count). The van der Waals surface area contributed by atoms with E-state index in [1.165, 1.54) is 12.3 Å². The Morgan fingerprint density at radius 2 is 2.29 bits per heavy atom. The molecule has 110 valence electrons. The summed E-state index contributed by atoms with van der Waals surface area (Å²) in [7, 11) is 0. The number of aryl methyl sites for hydroxylation is 1. The fourth-order valence-corrected chi connectivity index (χ4v) is 2.40. The molecular weight excluding hydrogens is 274 g/mol. The molecule has 0 unspecified atom stereocenters. The summed E-state index contributed by atoms with van der Waals surface area (Å²) in [5, 5.41) is 0. The molecule has 2 aromatic heterocycles. The third kappa shape index (κ3) is 2.99. The fourth-order valence-electron chi connectivity index (χ4n) is 2.40. The number of carbonyl (C=O) groups is 1. The SMILES string of the molecule is Cc1cc(O[C@@H]2CCN(C(=O)c3ccco3)C2)cc(=O)o1. The van der Waals surface area contributed by atoms with Gasteiger partial charge < -0.3 is 18.5 Å².